The van der Waals surface area contributed by atoms with E-state index in [1.165, 1.54) is 5.69 Å². The molecular weight excluding hydrogens is 224 g/mol. The lowest BCUT2D eigenvalue weighted by atomic mass is 10.0. The summed E-state index contributed by atoms with van der Waals surface area (Å²) in [7, 11) is 0. The Morgan fingerprint density at radius 2 is 2.00 bits per heavy atom. The Labute approximate surface area is 108 Å². The molecule has 0 radical (unpaired) electrons. The third-order valence-corrected chi connectivity index (χ3v) is 3.56. The molecule has 4 heteroatoms. The summed E-state index contributed by atoms with van der Waals surface area (Å²) in [5.74, 6) is 5.49. The van der Waals surface area contributed by atoms with Crippen molar-refractivity contribution in [3.05, 3.63) is 47.9 Å². The van der Waals surface area contributed by atoms with Crippen LogP contribution in [-0.2, 0) is 13.0 Å². The molecule has 1 aromatic heterocycles. The number of nitrogens with zero attached hydrogens (tertiary/aromatic N) is 1. The van der Waals surface area contributed by atoms with Gasteiger partial charge >= 0.3 is 0 Å². The summed E-state index contributed by atoms with van der Waals surface area (Å²) in [6.45, 7) is 14.8. The molecule has 0 saturated carbocycles. The lowest BCUT2D eigenvalue weighted by Crippen LogP contribution is -2.20. The van der Waals surface area contributed by atoms with Crippen molar-refractivity contribution in [2.75, 3.05) is 0 Å². The van der Waals surface area contributed by atoms with E-state index in [4.69, 9.17) is 11.6 Å². The minimum Gasteiger partial charge on any atom is -0.399 e. The Hall–Kier alpha value is -1.94. The van der Waals surface area contributed by atoms with Gasteiger partial charge in [-0.25, -0.2) is 0 Å². The zero-order chi connectivity index (χ0) is 13.4. The van der Waals surface area contributed by atoms with E-state index in [2.05, 4.69) is 29.7 Å². The van der Waals surface area contributed by atoms with Gasteiger partial charge in [0.25, 0.3) is 0 Å². The average Bonchev–Trinajstić information content (AvgIpc) is 2.86. The standard InChI is InChI=1S/C14H20N4/c1-8(10(3)15)14-9(2)13(11(4)17-16)12-6-5-7-18(12)14/h17H,1,3-7,15-16H2,2H3. The van der Waals surface area contributed by atoms with Crippen LogP contribution in [0.3, 0.4) is 0 Å². The van der Waals surface area contributed by atoms with E-state index in [-0.39, 0.29) is 0 Å². The van der Waals surface area contributed by atoms with Crippen LogP contribution in [0, 0.1) is 6.92 Å². The van der Waals surface area contributed by atoms with Crippen LogP contribution in [0.1, 0.15) is 28.9 Å². The number of nitrogens with two attached hydrogens (primary N) is 2. The average molecular weight is 244 g/mol. The highest BCUT2D eigenvalue weighted by Gasteiger charge is 2.26. The number of hydrazine groups is 1. The van der Waals surface area contributed by atoms with E-state index in [0.29, 0.717) is 5.70 Å². The normalized spacial score (nSPS) is 13.2. The monoisotopic (exact) mass is 244 g/mol. The van der Waals surface area contributed by atoms with Crippen molar-refractivity contribution in [1.29, 1.82) is 0 Å². The van der Waals surface area contributed by atoms with Gasteiger partial charge in [0.05, 0.1) is 11.4 Å². The summed E-state index contributed by atoms with van der Waals surface area (Å²) in [6, 6.07) is 0. The van der Waals surface area contributed by atoms with Gasteiger partial charge in [-0.3, -0.25) is 5.84 Å². The molecule has 0 amide bonds. The number of hydrogen-bond donors (Lipinski definition) is 3. The fourth-order valence-corrected chi connectivity index (χ4v) is 2.73. The van der Waals surface area contributed by atoms with Crippen molar-refractivity contribution in [2.45, 2.75) is 26.3 Å². The van der Waals surface area contributed by atoms with E-state index in [0.717, 1.165) is 47.5 Å². The Morgan fingerprint density at radius 3 is 2.56 bits per heavy atom. The molecule has 2 heterocycles. The summed E-state index contributed by atoms with van der Waals surface area (Å²) >= 11 is 0. The van der Waals surface area contributed by atoms with Crippen molar-refractivity contribution < 1.29 is 0 Å². The van der Waals surface area contributed by atoms with Gasteiger partial charge in [0.1, 0.15) is 0 Å². The van der Waals surface area contributed by atoms with Gasteiger partial charge in [0.15, 0.2) is 0 Å². The third kappa shape index (κ3) is 1.66. The minimum atomic E-state index is 0.503. The van der Waals surface area contributed by atoms with Crippen LogP contribution in [0.4, 0.5) is 0 Å². The molecule has 0 atom stereocenters. The number of aromatic nitrogens is 1. The largest absolute Gasteiger partial charge is 0.399 e. The van der Waals surface area contributed by atoms with E-state index >= 15 is 0 Å². The maximum absolute atomic E-state index is 5.78. The van der Waals surface area contributed by atoms with Crippen LogP contribution < -0.4 is 17.0 Å². The maximum atomic E-state index is 5.78. The Bertz CT molecular complexity index is 549. The quantitative estimate of drug-likeness (QED) is 0.428. The second kappa shape index (κ2) is 4.38. The smallest absolute Gasteiger partial charge is 0.0533 e. The molecule has 1 aromatic rings. The molecule has 0 fully saturated rings. The maximum Gasteiger partial charge on any atom is 0.0533 e. The van der Waals surface area contributed by atoms with Crippen molar-refractivity contribution in [1.82, 2.24) is 9.99 Å². The van der Waals surface area contributed by atoms with Gasteiger partial charge < -0.3 is 15.7 Å². The number of fused-ring (bicyclic) bond motifs is 1. The van der Waals surface area contributed by atoms with Crippen LogP contribution in [0.15, 0.2) is 25.4 Å². The van der Waals surface area contributed by atoms with Gasteiger partial charge in [-0.05, 0) is 25.3 Å². The number of hydrogen-bond acceptors (Lipinski definition) is 3. The van der Waals surface area contributed by atoms with Crippen LogP contribution >= 0.6 is 0 Å². The molecule has 2 rings (SSSR count). The minimum absolute atomic E-state index is 0.503. The van der Waals surface area contributed by atoms with Crippen LogP contribution in [0.25, 0.3) is 11.3 Å². The zero-order valence-electron chi connectivity index (χ0n) is 10.8. The van der Waals surface area contributed by atoms with E-state index in [9.17, 15) is 0 Å². The summed E-state index contributed by atoms with van der Waals surface area (Å²) in [5, 5.41) is 0. The van der Waals surface area contributed by atoms with E-state index < -0.39 is 0 Å². The molecule has 0 aliphatic carbocycles. The second-order valence-corrected chi connectivity index (χ2v) is 4.68. The lowest BCUT2D eigenvalue weighted by Gasteiger charge is -2.10. The van der Waals surface area contributed by atoms with Gasteiger partial charge in [0.2, 0.25) is 0 Å². The fourth-order valence-electron chi connectivity index (χ4n) is 2.73. The van der Waals surface area contributed by atoms with Crippen molar-refractivity contribution in [3.8, 4) is 0 Å². The highest BCUT2D eigenvalue weighted by atomic mass is 15.2. The number of rotatable bonds is 4. The first-order valence-electron chi connectivity index (χ1n) is 6.01. The lowest BCUT2D eigenvalue weighted by molar-refractivity contribution is 0.739. The summed E-state index contributed by atoms with van der Waals surface area (Å²) in [6.07, 6.45) is 2.15. The highest BCUT2D eigenvalue weighted by molar-refractivity contribution is 5.81. The zero-order valence-corrected chi connectivity index (χ0v) is 10.8. The molecule has 0 bridgehead atoms. The third-order valence-electron chi connectivity index (χ3n) is 3.56. The van der Waals surface area contributed by atoms with Crippen LogP contribution in [0.5, 0.6) is 0 Å². The molecule has 0 saturated heterocycles. The summed E-state index contributed by atoms with van der Waals surface area (Å²) in [5.41, 5.74) is 15.0. The van der Waals surface area contributed by atoms with Crippen molar-refractivity contribution in [3.63, 3.8) is 0 Å². The van der Waals surface area contributed by atoms with Gasteiger partial charge in [-0.2, -0.15) is 0 Å². The Morgan fingerprint density at radius 1 is 1.33 bits per heavy atom. The topological polar surface area (TPSA) is 69.0 Å². The molecule has 1 aliphatic heterocycles. The molecule has 0 spiro atoms. The molecular formula is C14H20N4. The Balaban J connectivity index is 2.66. The first-order valence-corrected chi connectivity index (χ1v) is 6.01. The first kappa shape index (κ1) is 12.5. The summed E-state index contributed by atoms with van der Waals surface area (Å²) < 4.78 is 2.26. The molecule has 1 aliphatic rings. The first-order chi connectivity index (χ1) is 8.49. The number of nitrogens with one attached hydrogen (secondary N) is 1. The summed E-state index contributed by atoms with van der Waals surface area (Å²) in [4.78, 5) is 0. The van der Waals surface area contributed by atoms with Crippen molar-refractivity contribution in [2.24, 2.45) is 11.6 Å². The van der Waals surface area contributed by atoms with Gasteiger partial charge in [-0.1, -0.05) is 19.7 Å². The predicted molar refractivity (Wildman–Crippen MR) is 76.2 cm³/mol. The van der Waals surface area contributed by atoms with Gasteiger partial charge in [0, 0.05) is 29.1 Å². The van der Waals surface area contributed by atoms with Crippen LogP contribution in [0.2, 0.25) is 0 Å². The van der Waals surface area contributed by atoms with Crippen molar-refractivity contribution >= 4 is 11.3 Å². The number of allylic oxidation sites excluding steroid dienone is 1. The van der Waals surface area contributed by atoms with Gasteiger partial charge in [-0.15, -0.1) is 0 Å². The Kier molecular flexibility index (Phi) is 3.05. The highest BCUT2D eigenvalue weighted by Crippen LogP contribution is 2.35. The SMILES string of the molecule is C=C(N)C(=C)c1c(C)c(C(=C)NN)c2n1CCC2. The molecule has 5 N–H and O–H groups in total. The molecule has 18 heavy (non-hydrogen) atoms. The molecule has 4 nitrogen and oxygen atoms in total. The van der Waals surface area contributed by atoms with E-state index in [1.54, 1.807) is 0 Å². The molecule has 96 valence electrons. The molecule has 0 unspecified atom stereocenters. The second-order valence-electron chi connectivity index (χ2n) is 4.68. The van der Waals surface area contributed by atoms with Crippen LogP contribution in [-0.4, -0.2) is 4.57 Å². The molecule has 0 aromatic carbocycles. The fraction of sp³-hybridized carbons (Fsp3) is 0.286. The van der Waals surface area contributed by atoms with E-state index in [1.807, 2.05) is 6.92 Å². The predicted octanol–water partition coefficient (Wildman–Crippen LogP) is 1.66.